The van der Waals surface area contributed by atoms with E-state index in [4.69, 9.17) is 5.73 Å². The van der Waals surface area contributed by atoms with Gasteiger partial charge in [-0.05, 0) is 29.3 Å². The zero-order valence-electron chi connectivity index (χ0n) is 14.0. The number of amides is 1. The van der Waals surface area contributed by atoms with Crippen LogP contribution < -0.4 is 5.73 Å². The van der Waals surface area contributed by atoms with Gasteiger partial charge in [0.15, 0.2) is 0 Å². The zero-order valence-corrected chi connectivity index (χ0v) is 14.8. The molecule has 1 aromatic carbocycles. The second-order valence-electron chi connectivity index (χ2n) is 5.93. The predicted molar refractivity (Wildman–Crippen MR) is 97.7 cm³/mol. The molecule has 2 N–H and O–H groups in total. The van der Waals surface area contributed by atoms with Crippen molar-refractivity contribution in [3.8, 4) is 0 Å². The third-order valence-electron chi connectivity index (χ3n) is 4.16. The van der Waals surface area contributed by atoms with Crippen LogP contribution in [0.25, 0.3) is 6.08 Å². The van der Waals surface area contributed by atoms with Crippen molar-refractivity contribution in [1.82, 2.24) is 4.90 Å². The largest absolute Gasteiger partial charge is 0.466 e. The number of fused-ring (bicyclic) bond motifs is 1. The number of thiophene rings is 1. The molecule has 0 saturated carbocycles. The summed E-state index contributed by atoms with van der Waals surface area (Å²) >= 11 is 1.52. The van der Waals surface area contributed by atoms with Crippen LogP contribution in [-0.4, -0.2) is 29.9 Å². The Bertz CT molecular complexity index is 788. The maximum Gasteiger partial charge on any atom is 0.330 e. The van der Waals surface area contributed by atoms with Crippen LogP contribution in [0.3, 0.4) is 0 Å². The van der Waals surface area contributed by atoms with Crippen LogP contribution in [0.15, 0.2) is 42.5 Å². The summed E-state index contributed by atoms with van der Waals surface area (Å²) in [4.78, 5) is 27.5. The number of nitrogens with zero attached hydrogens (tertiary/aromatic N) is 1. The van der Waals surface area contributed by atoms with Gasteiger partial charge in [-0.15, -0.1) is 11.3 Å². The first-order valence-corrected chi connectivity index (χ1v) is 8.84. The van der Waals surface area contributed by atoms with E-state index < -0.39 is 12.0 Å². The summed E-state index contributed by atoms with van der Waals surface area (Å²) in [6.45, 7) is 1.25. The molecular formula is C19H20N2O3S. The van der Waals surface area contributed by atoms with Crippen LogP contribution in [0, 0.1) is 0 Å². The molecule has 1 aliphatic heterocycles. The second kappa shape index (κ2) is 7.63. The molecule has 1 aliphatic rings. The van der Waals surface area contributed by atoms with E-state index in [9.17, 15) is 9.59 Å². The third-order valence-corrected chi connectivity index (χ3v) is 5.23. The minimum atomic E-state index is -0.564. The van der Waals surface area contributed by atoms with Gasteiger partial charge in [-0.3, -0.25) is 4.79 Å². The standard InChI is InChI=1S/C19H20N2O3S/c1-24-18(22)9-8-15-6-7-16(25-15)10-17(20)19(23)21-11-13-4-2-3-5-14(13)12-21/h2-9,17H,10-12,20H2,1H3. The molecule has 1 unspecified atom stereocenters. The van der Waals surface area contributed by atoms with Gasteiger partial charge in [0.05, 0.1) is 13.2 Å². The average Bonchev–Trinajstić information content (AvgIpc) is 3.25. The lowest BCUT2D eigenvalue weighted by Crippen LogP contribution is -2.42. The SMILES string of the molecule is COC(=O)C=Cc1ccc(CC(N)C(=O)N2Cc3ccccc3C2)s1. The highest BCUT2D eigenvalue weighted by molar-refractivity contribution is 7.12. The lowest BCUT2D eigenvalue weighted by molar-refractivity contribution is -0.135. The van der Waals surface area contributed by atoms with E-state index in [0.29, 0.717) is 19.5 Å². The lowest BCUT2D eigenvalue weighted by atomic mass is 10.1. The number of nitrogens with two attached hydrogens (primary N) is 1. The fraction of sp³-hybridized carbons (Fsp3) is 0.263. The van der Waals surface area contributed by atoms with E-state index >= 15 is 0 Å². The Morgan fingerprint density at radius 2 is 1.92 bits per heavy atom. The minimum Gasteiger partial charge on any atom is -0.466 e. The van der Waals surface area contributed by atoms with Crippen LogP contribution in [0.4, 0.5) is 0 Å². The van der Waals surface area contributed by atoms with Crippen molar-refractivity contribution in [2.75, 3.05) is 7.11 Å². The second-order valence-corrected chi connectivity index (χ2v) is 7.13. The fourth-order valence-electron chi connectivity index (χ4n) is 2.84. The molecule has 1 aromatic heterocycles. The normalized spacial score (nSPS) is 14.6. The van der Waals surface area contributed by atoms with Crippen LogP contribution in [-0.2, 0) is 33.8 Å². The van der Waals surface area contributed by atoms with Crippen LogP contribution in [0.5, 0.6) is 0 Å². The van der Waals surface area contributed by atoms with E-state index in [0.717, 1.165) is 9.75 Å². The molecule has 2 aromatic rings. The maximum absolute atomic E-state index is 12.6. The first kappa shape index (κ1) is 17.4. The highest BCUT2D eigenvalue weighted by Crippen LogP contribution is 2.24. The summed E-state index contributed by atoms with van der Waals surface area (Å²) in [5.41, 5.74) is 8.52. The Labute approximate surface area is 150 Å². The number of rotatable bonds is 5. The van der Waals surface area contributed by atoms with E-state index in [1.807, 2.05) is 36.4 Å². The first-order valence-electron chi connectivity index (χ1n) is 8.02. The van der Waals surface area contributed by atoms with Gasteiger partial charge in [0.2, 0.25) is 5.91 Å². The van der Waals surface area contributed by atoms with E-state index in [1.54, 1.807) is 11.0 Å². The summed E-state index contributed by atoms with van der Waals surface area (Å²) in [6.07, 6.45) is 3.56. The number of carbonyl (C=O) groups is 2. The number of esters is 1. The molecule has 0 spiro atoms. The highest BCUT2D eigenvalue weighted by Gasteiger charge is 2.27. The smallest absolute Gasteiger partial charge is 0.330 e. The van der Waals surface area contributed by atoms with Crippen molar-refractivity contribution in [2.45, 2.75) is 25.6 Å². The van der Waals surface area contributed by atoms with E-state index in [2.05, 4.69) is 4.74 Å². The Balaban J connectivity index is 1.58. The molecular weight excluding hydrogens is 336 g/mol. The van der Waals surface area contributed by atoms with Crippen molar-refractivity contribution < 1.29 is 14.3 Å². The summed E-state index contributed by atoms with van der Waals surface area (Å²) in [5.74, 6) is -0.424. The van der Waals surface area contributed by atoms with Crippen LogP contribution >= 0.6 is 11.3 Å². The molecule has 1 atom stereocenters. The van der Waals surface area contributed by atoms with Crippen LogP contribution in [0.2, 0.25) is 0 Å². The summed E-state index contributed by atoms with van der Waals surface area (Å²) < 4.78 is 4.57. The van der Waals surface area contributed by atoms with Crippen molar-refractivity contribution in [3.05, 3.63) is 63.4 Å². The Morgan fingerprint density at radius 3 is 2.56 bits per heavy atom. The van der Waals surface area contributed by atoms with Gasteiger partial charge >= 0.3 is 5.97 Å². The topological polar surface area (TPSA) is 72.6 Å². The number of hydrogen-bond acceptors (Lipinski definition) is 5. The van der Waals surface area contributed by atoms with Gasteiger partial charge in [-0.2, -0.15) is 0 Å². The van der Waals surface area contributed by atoms with Gasteiger partial charge in [0.25, 0.3) is 0 Å². The Hall–Kier alpha value is -2.44. The molecule has 0 bridgehead atoms. The molecule has 25 heavy (non-hydrogen) atoms. The molecule has 0 aliphatic carbocycles. The predicted octanol–water partition coefficient (Wildman–Crippen LogP) is 2.35. The average molecular weight is 356 g/mol. The molecule has 5 nitrogen and oxygen atoms in total. The van der Waals surface area contributed by atoms with Gasteiger partial charge < -0.3 is 15.4 Å². The molecule has 130 valence electrons. The van der Waals surface area contributed by atoms with Crippen molar-refractivity contribution in [2.24, 2.45) is 5.73 Å². The minimum absolute atomic E-state index is 0.0312. The molecule has 0 radical (unpaired) electrons. The zero-order chi connectivity index (χ0) is 17.8. The van der Waals surface area contributed by atoms with Crippen molar-refractivity contribution in [3.63, 3.8) is 0 Å². The molecule has 0 saturated heterocycles. The quantitative estimate of drug-likeness (QED) is 0.659. The van der Waals surface area contributed by atoms with Crippen molar-refractivity contribution >= 4 is 29.3 Å². The highest BCUT2D eigenvalue weighted by atomic mass is 32.1. The van der Waals surface area contributed by atoms with Gasteiger partial charge in [-0.25, -0.2) is 4.79 Å². The summed E-state index contributed by atoms with van der Waals surface area (Å²) in [7, 11) is 1.34. The number of methoxy groups -OCH3 is 1. The number of carbonyl (C=O) groups excluding carboxylic acids is 2. The Kier molecular flexibility index (Phi) is 5.31. The van der Waals surface area contributed by atoms with Gasteiger partial charge in [0.1, 0.15) is 0 Å². The third kappa shape index (κ3) is 4.15. The molecule has 6 heteroatoms. The van der Waals surface area contributed by atoms with E-state index in [-0.39, 0.29) is 5.91 Å². The molecule has 3 rings (SSSR count). The van der Waals surface area contributed by atoms with Crippen molar-refractivity contribution in [1.29, 1.82) is 0 Å². The monoisotopic (exact) mass is 356 g/mol. The fourth-order valence-corrected chi connectivity index (χ4v) is 3.81. The molecule has 2 heterocycles. The van der Waals surface area contributed by atoms with E-state index in [1.165, 1.54) is 35.6 Å². The first-order chi connectivity index (χ1) is 12.1. The summed E-state index contributed by atoms with van der Waals surface area (Å²) in [5, 5.41) is 0. The maximum atomic E-state index is 12.6. The molecule has 1 amide bonds. The number of ether oxygens (including phenoxy) is 1. The Morgan fingerprint density at radius 1 is 1.24 bits per heavy atom. The van der Waals surface area contributed by atoms with Gasteiger partial charge in [-0.1, -0.05) is 24.3 Å². The lowest BCUT2D eigenvalue weighted by Gasteiger charge is -2.19. The van der Waals surface area contributed by atoms with Gasteiger partial charge in [0, 0.05) is 35.3 Å². The van der Waals surface area contributed by atoms with Crippen LogP contribution in [0.1, 0.15) is 20.9 Å². The number of hydrogen-bond donors (Lipinski definition) is 1. The number of benzene rings is 1. The molecule has 0 fully saturated rings. The summed E-state index contributed by atoms with van der Waals surface area (Å²) in [6, 6.07) is 11.4.